The van der Waals surface area contributed by atoms with Gasteiger partial charge in [-0.15, -0.1) is 0 Å². The highest BCUT2D eigenvalue weighted by atomic mass is 16.2. The van der Waals surface area contributed by atoms with E-state index in [1.54, 1.807) is 18.3 Å². The molecule has 0 bridgehead atoms. The zero-order chi connectivity index (χ0) is 14.0. The third-order valence-corrected chi connectivity index (χ3v) is 4.71. The summed E-state index contributed by atoms with van der Waals surface area (Å²) in [7, 11) is 0. The van der Waals surface area contributed by atoms with Crippen LogP contribution in [0.1, 0.15) is 19.3 Å². The third-order valence-electron chi connectivity index (χ3n) is 4.71. The summed E-state index contributed by atoms with van der Waals surface area (Å²) in [5, 5.41) is 3.43. The van der Waals surface area contributed by atoms with Crippen LogP contribution in [-0.2, 0) is 11.3 Å². The van der Waals surface area contributed by atoms with Crippen molar-refractivity contribution in [1.29, 1.82) is 0 Å². The summed E-state index contributed by atoms with van der Waals surface area (Å²) in [6, 6.07) is 4.97. The highest BCUT2D eigenvalue weighted by Crippen LogP contribution is 2.36. The standard InChI is InChI=1S/C15H21N3O2/c19-13-3-1-2-8-18(13)11-14(20)17-9-5-15(6-10-17)4-7-16-12-15/h1-3,8,16H,4-7,9-12H2. The molecule has 2 aliphatic heterocycles. The number of amides is 1. The van der Waals surface area contributed by atoms with E-state index in [-0.39, 0.29) is 18.0 Å². The fourth-order valence-electron chi connectivity index (χ4n) is 3.29. The zero-order valence-electron chi connectivity index (χ0n) is 11.7. The van der Waals surface area contributed by atoms with Crippen LogP contribution in [-0.4, -0.2) is 41.6 Å². The Morgan fingerprint density at radius 3 is 2.70 bits per heavy atom. The Balaban J connectivity index is 1.59. The molecule has 0 atom stereocenters. The summed E-state index contributed by atoms with van der Waals surface area (Å²) in [5.41, 5.74) is 0.301. The van der Waals surface area contributed by atoms with Crippen molar-refractivity contribution in [3.8, 4) is 0 Å². The molecule has 0 aromatic carbocycles. The van der Waals surface area contributed by atoms with Crippen LogP contribution in [0.4, 0.5) is 0 Å². The van der Waals surface area contributed by atoms with Gasteiger partial charge in [0.2, 0.25) is 5.91 Å². The summed E-state index contributed by atoms with van der Waals surface area (Å²) >= 11 is 0. The molecule has 1 amide bonds. The number of carbonyl (C=O) groups excluding carboxylic acids is 1. The molecule has 108 valence electrons. The van der Waals surface area contributed by atoms with Crippen LogP contribution in [0.5, 0.6) is 0 Å². The topological polar surface area (TPSA) is 54.3 Å². The molecule has 2 aliphatic rings. The minimum atomic E-state index is -0.116. The number of nitrogens with one attached hydrogen (secondary N) is 1. The lowest BCUT2D eigenvalue weighted by Gasteiger charge is -2.38. The van der Waals surface area contributed by atoms with Crippen LogP contribution in [0, 0.1) is 5.41 Å². The molecular formula is C15H21N3O2. The average molecular weight is 275 g/mol. The van der Waals surface area contributed by atoms with Crippen molar-refractivity contribution in [2.45, 2.75) is 25.8 Å². The molecule has 0 radical (unpaired) electrons. The highest BCUT2D eigenvalue weighted by molar-refractivity contribution is 5.76. The second kappa shape index (κ2) is 5.40. The van der Waals surface area contributed by atoms with Crippen LogP contribution < -0.4 is 10.9 Å². The van der Waals surface area contributed by atoms with E-state index in [4.69, 9.17) is 0 Å². The average Bonchev–Trinajstić information content (AvgIpc) is 2.90. The van der Waals surface area contributed by atoms with Gasteiger partial charge in [-0.2, -0.15) is 0 Å². The molecule has 3 heterocycles. The number of hydrogen-bond acceptors (Lipinski definition) is 3. The van der Waals surface area contributed by atoms with E-state index < -0.39 is 0 Å². The van der Waals surface area contributed by atoms with Crippen molar-refractivity contribution in [2.75, 3.05) is 26.2 Å². The van der Waals surface area contributed by atoms with E-state index in [0.29, 0.717) is 5.41 Å². The van der Waals surface area contributed by atoms with E-state index >= 15 is 0 Å². The summed E-state index contributed by atoms with van der Waals surface area (Å²) in [5.74, 6) is 0.0547. The minimum Gasteiger partial charge on any atom is -0.341 e. The fourth-order valence-corrected chi connectivity index (χ4v) is 3.29. The quantitative estimate of drug-likeness (QED) is 0.852. The van der Waals surface area contributed by atoms with Crippen LogP contribution in [0.3, 0.4) is 0 Å². The van der Waals surface area contributed by atoms with Crippen molar-refractivity contribution in [2.24, 2.45) is 5.41 Å². The predicted molar refractivity (Wildman–Crippen MR) is 76.4 cm³/mol. The molecule has 5 heteroatoms. The highest BCUT2D eigenvalue weighted by Gasteiger charge is 2.37. The molecule has 0 aliphatic carbocycles. The Bertz CT molecular complexity index is 536. The Kier molecular flexibility index (Phi) is 3.61. The first kappa shape index (κ1) is 13.4. The molecular weight excluding hydrogens is 254 g/mol. The second-order valence-electron chi connectivity index (χ2n) is 5.97. The largest absolute Gasteiger partial charge is 0.341 e. The second-order valence-corrected chi connectivity index (χ2v) is 5.97. The number of hydrogen-bond donors (Lipinski definition) is 1. The molecule has 2 fully saturated rings. The molecule has 1 aromatic heterocycles. The minimum absolute atomic E-state index is 0.0547. The van der Waals surface area contributed by atoms with Gasteiger partial charge in [0.05, 0.1) is 0 Å². The molecule has 5 nitrogen and oxygen atoms in total. The maximum atomic E-state index is 12.3. The number of aromatic nitrogens is 1. The number of likely N-dealkylation sites (tertiary alicyclic amines) is 1. The number of carbonyl (C=O) groups is 1. The van der Waals surface area contributed by atoms with Crippen LogP contribution in [0.15, 0.2) is 29.2 Å². The zero-order valence-corrected chi connectivity index (χ0v) is 11.7. The predicted octanol–water partition coefficient (Wildman–Crippen LogP) is 0.450. The number of rotatable bonds is 2. The van der Waals surface area contributed by atoms with Gasteiger partial charge in [0.15, 0.2) is 0 Å². The molecule has 0 unspecified atom stereocenters. The Morgan fingerprint density at radius 1 is 1.25 bits per heavy atom. The van der Waals surface area contributed by atoms with Gasteiger partial charge < -0.3 is 14.8 Å². The summed E-state index contributed by atoms with van der Waals surface area (Å²) in [4.78, 5) is 25.8. The number of piperidine rings is 1. The van der Waals surface area contributed by atoms with Crippen molar-refractivity contribution in [3.05, 3.63) is 34.7 Å². The lowest BCUT2D eigenvalue weighted by molar-refractivity contribution is -0.134. The van der Waals surface area contributed by atoms with E-state index in [1.165, 1.54) is 17.1 Å². The van der Waals surface area contributed by atoms with Gasteiger partial charge in [-0.1, -0.05) is 6.07 Å². The molecule has 1 aromatic rings. The van der Waals surface area contributed by atoms with Gasteiger partial charge in [-0.05, 0) is 37.3 Å². The van der Waals surface area contributed by atoms with E-state index in [2.05, 4.69) is 5.32 Å². The molecule has 1 spiro atoms. The first-order valence-electron chi connectivity index (χ1n) is 7.33. The van der Waals surface area contributed by atoms with Gasteiger partial charge in [-0.3, -0.25) is 9.59 Å². The van der Waals surface area contributed by atoms with Gasteiger partial charge in [-0.25, -0.2) is 0 Å². The monoisotopic (exact) mass is 275 g/mol. The van der Waals surface area contributed by atoms with Gasteiger partial charge in [0.25, 0.3) is 5.56 Å². The maximum absolute atomic E-state index is 12.3. The molecule has 0 saturated carbocycles. The smallest absolute Gasteiger partial charge is 0.250 e. The normalized spacial score (nSPS) is 21.3. The summed E-state index contributed by atoms with van der Waals surface area (Å²) < 4.78 is 1.48. The molecule has 20 heavy (non-hydrogen) atoms. The summed E-state index contributed by atoms with van der Waals surface area (Å²) in [6.07, 6.45) is 5.06. The van der Waals surface area contributed by atoms with Gasteiger partial charge >= 0.3 is 0 Å². The molecule has 3 rings (SSSR count). The van der Waals surface area contributed by atoms with E-state index in [1.807, 2.05) is 4.90 Å². The van der Waals surface area contributed by atoms with E-state index in [0.717, 1.165) is 39.0 Å². The van der Waals surface area contributed by atoms with E-state index in [9.17, 15) is 9.59 Å². The van der Waals surface area contributed by atoms with Crippen molar-refractivity contribution < 1.29 is 4.79 Å². The molecule has 1 N–H and O–H groups in total. The van der Waals surface area contributed by atoms with Crippen LogP contribution in [0.2, 0.25) is 0 Å². The Morgan fingerprint density at radius 2 is 2.05 bits per heavy atom. The van der Waals surface area contributed by atoms with Crippen molar-refractivity contribution in [3.63, 3.8) is 0 Å². The maximum Gasteiger partial charge on any atom is 0.250 e. The van der Waals surface area contributed by atoms with Crippen molar-refractivity contribution >= 4 is 5.91 Å². The first-order valence-corrected chi connectivity index (χ1v) is 7.33. The number of nitrogens with zero attached hydrogens (tertiary/aromatic N) is 2. The van der Waals surface area contributed by atoms with Gasteiger partial charge in [0.1, 0.15) is 6.54 Å². The lowest BCUT2D eigenvalue weighted by Crippen LogP contribution is -2.45. The van der Waals surface area contributed by atoms with Crippen LogP contribution >= 0.6 is 0 Å². The fraction of sp³-hybridized carbons (Fsp3) is 0.600. The van der Waals surface area contributed by atoms with Crippen LogP contribution in [0.25, 0.3) is 0 Å². The van der Waals surface area contributed by atoms with Gasteiger partial charge in [0, 0.05) is 31.9 Å². The van der Waals surface area contributed by atoms with Crippen molar-refractivity contribution in [1.82, 2.24) is 14.8 Å². The summed E-state index contributed by atoms with van der Waals surface area (Å²) in [6.45, 7) is 4.00. The Hall–Kier alpha value is -1.62. The molecule has 2 saturated heterocycles. The Labute approximate surface area is 118 Å². The SMILES string of the molecule is O=C(Cn1ccccc1=O)N1CCC2(CCNC2)CC1. The first-order chi connectivity index (χ1) is 9.69. The number of pyridine rings is 1. The third kappa shape index (κ3) is 2.63. The lowest BCUT2D eigenvalue weighted by atomic mass is 9.78.